The summed E-state index contributed by atoms with van der Waals surface area (Å²) in [5.41, 5.74) is 8.28. The van der Waals surface area contributed by atoms with Crippen LogP contribution in [0.15, 0.2) is 48.5 Å². The monoisotopic (exact) mass is 233 g/mol. The molecule has 1 aliphatic rings. The van der Waals surface area contributed by atoms with Crippen molar-refractivity contribution < 1.29 is 4.74 Å². The summed E-state index contributed by atoms with van der Waals surface area (Å²) in [4.78, 5) is 0. The summed E-state index contributed by atoms with van der Waals surface area (Å²) < 4.78 is 5.77. The summed E-state index contributed by atoms with van der Waals surface area (Å²) >= 11 is 0. The maximum absolute atomic E-state index is 6.18. The number of hydrogen-bond donors (Lipinski definition) is 1. The van der Waals surface area contributed by atoms with Crippen molar-refractivity contribution in [2.45, 2.75) is 6.04 Å². The van der Waals surface area contributed by atoms with Crippen LogP contribution in [0.1, 0.15) is 17.2 Å². The lowest BCUT2D eigenvalue weighted by atomic mass is 9.96. The number of para-hydroxylation sites is 2. The van der Waals surface area contributed by atoms with Gasteiger partial charge in [0.2, 0.25) is 0 Å². The number of benzene rings is 2. The number of nitrogens with two attached hydrogens (primary N) is 1. The third-order valence-corrected chi connectivity index (χ3v) is 2.73. The first-order valence-corrected chi connectivity index (χ1v) is 4.97. The third kappa shape index (κ3) is 1.56. The molecule has 0 spiro atoms. The van der Waals surface area contributed by atoms with Crippen molar-refractivity contribution in [3.8, 4) is 11.5 Å². The minimum atomic E-state index is -0.0776. The van der Waals surface area contributed by atoms with Crippen molar-refractivity contribution in [2.75, 3.05) is 0 Å². The number of rotatable bonds is 0. The Balaban J connectivity index is 0.000000963. The summed E-state index contributed by atoms with van der Waals surface area (Å²) in [7, 11) is 0. The molecule has 0 aromatic heterocycles. The van der Waals surface area contributed by atoms with Crippen LogP contribution in [0.5, 0.6) is 11.5 Å². The van der Waals surface area contributed by atoms with Crippen LogP contribution >= 0.6 is 12.4 Å². The standard InChI is InChI=1S/C13H11NO.ClH/c14-13-9-5-1-3-7-11(9)15-12-8-4-2-6-10(12)13;/h1-8,13H,14H2;1H. The molecule has 1 heterocycles. The topological polar surface area (TPSA) is 35.2 Å². The molecule has 3 heteroatoms. The van der Waals surface area contributed by atoms with Crippen LogP contribution in [0, 0.1) is 0 Å². The highest BCUT2D eigenvalue weighted by Gasteiger charge is 2.22. The van der Waals surface area contributed by atoms with E-state index in [1.807, 2.05) is 48.5 Å². The Morgan fingerprint density at radius 1 is 0.812 bits per heavy atom. The van der Waals surface area contributed by atoms with Crippen molar-refractivity contribution in [3.05, 3.63) is 59.7 Å². The lowest BCUT2D eigenvalue weighted by molar-refractivity contribution is 0.447. The second-order valence-electron chi connectivity index (χ2n) is 3.66. The van der Waals surface area contributed by atoms with Gasteiger partial charge in [-0.25, -0.2) is 0 Å². The Bertz CT molecular complexity index is 467. The van der Waals surface area contributed by atoms with Gasteiger partial charge in [0.1, 0.15) is 11.5 Å². The smallest absolute Gasteiger partial charge is 0.132 e. The van der Waals surface area contributed by atoms with Crippen LogP contribution in [-0.4, -0.2) is 0 Å². The molecular formula is C13H12ClNO. The largest absolute Gasteiger partial charge is 0.457 e. The van der Waals surface area contributed by atoms with Crippen molar-refractivity contribution in [3.63, 3.8) is 0 Å². The van der Waals surface area contributed by atoms with Gasteiger partial charge in [-0.3, -0.25) is 0 Å². The van der Waals surface area contributed by atoms with E-state index in [4.69, 9.17) is 10.5 Å². The van der Waals surface area contributed by atoms with Crippen LogP contribution in [0.2, 0.25) is 0 Å². The number of hydrogen-bond acceptors (Lipinski definition) is 2. The predicted octanol–water partition coefficient (Wildman–Crippen LogP) is 3.26. The third-order valence-electron chi connectivity index (χ3n) is 2.73. The molecule has 0 unspecified atom stereocenters. The first kappa shape index (κ1) is 11.0. The Labute approximate surface area is 100 Å². The zero-order valence-corrected chi connectivity index (χ0v) is 9.41. The highest BCUT2D eigenvalue weighted by atomic mass is 35.5. The molecule has 0 fully saturated rings. The molecule has 2 aromatic rings. The Morgan fingerprint density at radius 2 is 1.25 bits per heavy atom. The molecule has 16 heavy (non-hydrogen) atoms. The maximum atomic E-state index is 6.18. The second-order valence-corrected chi connectivity index (χ2v) is 3.66. The van der Waals surface area contributed by atoms with E-state index in [0.29, 0.717) is 0 Å². The lowest BCUT2D eigenvalue weighted by Gasteiger charge is -2.25. The molecule has 82 valence electrons. The molecule has 2 nitrogen and oxygen atoms in total. The van der Waals surface area contributed by atoms with Gasteiger partial charge in [0.05, 0.1) is 6.04 Å². The van der Waals surface area contributed by atoms with Crippen molar-refractivity contribution in [2.24, 2.45) is 5.73 Å². The molecule has 0 bridgehead atoms. The van der Waals surface area contributed by atoms with Crippen LogP contribution in [-0.2, 0) is 0 Å². The van der Waals surface area contributed by atoms with Gasteiger partial charge in [-0.15, -0.1) is 12.4 Å². The van der Waals surface area contributed by atoms with Crippen LogP contribution in [0.3, 0.4) is 0 Å². The zero-order valence-electron chi connectivity index (χ0n) is 8.59. The lowest BCUT2D eigenvalue weighted by Crippen LogP contribution is -2.17. The van der Waals surface area contributed by atoms with E-state index >= 15 is 0 Å². The van der Waals surface area contributed by atoms with E-state index < -0.39 is 0 Å². The van der Waals surface area contributed by atoms with E-state index in [-0.39, 0.29) is 18.4 Å². The molecule has 0 aliphatic carbocycles. The highest BCUT2D eigenvalue weighted by molar-refractivity contribution is 5.85. The SMILES string of the molecule is Cl.NC1c2ccccc2Oc2ccccc21. The van der Waals surface area contributed by atoms with Crippen molar-refractivity contribution >= 4 is 12.4 Å². The Hall–Kier alpha value is -1.51. The van der Waals surface area contributed by atoms with Gasteiger partial charge in [-0.2, -0.15) is 0 Å². The van der Waals surface area contributed by atoms with Crippen molar-refractivity contribution in [1.29, 1.82) is 0 Å². The maximum Gasteiger partial charge on any atom is 0.132 e. The van der Waals surface area contributed by atoms with Gasteiger partial charge >= 0.3 is 0 Å². The van der Waals surface area contributed by atoms with E-state index in [2.05, 4.69) is 0 Å². The van der Waals surface area contributed by atoms with Gasteiger partial charge in [-0.05, 0) is 12.1 Å². The second kappa shape index (κ2) is 4.16. The molecule has 2 N–H and O–H groups in total. The number of fused-ring (bicyclic) bond motifs is 2. The minimum absolute atomic E-state index is 0. The van der Waals surface area contributed by atoms with E-state index in [0.717, 1.165) is 22.6 Å². The fourth-order valence-corrected chi connectivity index (χ4v) is 1.95. The average Bonchev–Trinajstić information content (AvgIpc) is 2.30. The van der Waals surface area contributed by atoms with E-state index in [9.17, 15) is 0 Å². The van der Waals surface area contributed by atoms with E-state index in [1.54, 1.807) is 0 Å². The van der Waals surface area contributed by atoms with Crippen LogP contribution in [0.25, 0.3) is 0 Å². The summed E-state index contributed by atoms with van der Waals surface area (Å²) in [6.07, 6.45) is 0. The fraction of sp³-hybridized carbons (Fsp3) is 0.0769. The normalized spacial score (nSPS) is 13.1. The van der Waals surface area contributed by atoms with Crippen LogP contribution in [0.4, 0.5) is 0 Å². The zero-order chi connectivity index (χ0) is 10.3. The molecule has 0 atom stereocenters. The minimum Gasteiger partial charge on any atom is -0.457 e. The van der Waals surface area contributed by atoms with Gasteiger partial charge in [0.25, 0.3) is 0 Å². The first-order valence-electron chi connectivity index (χ1n) is 4.97. The Kier molecular flexibility index (Phi) is 2.86. The molecule has 0 amide bonds. The predicted molar refractivity (Wildman–Crippen MR) is 66.2 cm³/mol. The highest BCUT2D eigenvalue weighted by Crippen LogP contribution is 2.40. The van der Waals surface area contributed by atoms with Gasteiger partial charge in [-0.1, -0.05) is 36.4 Å². The molecule has 1 aliphatic heterocycles. The average molecular weight is 234 g/mol. The molecule has 0 radical (unpaired) electrons. The van der Waals surface area contributed by atoms with Gasteiger partial charge in [0, 0.05) is 11.1 Å². The Morgan fingerprint density at radius 3 is 1.75 bits per heavy atom. The molecular weight excluding hydrogens is 222 g/mol. The van der Waals surface area contributed by atoms with Crippen LogP contribution < -0.4 is 10.5 Å². The number of ether oxygens (including phenoxy) is 1. The summed E-state index contributed by atoms with van der Waals surface area (Å²) in [5, 5.41) is 0. The number of halogens is 1. The molecule has 0 saturated heterocycles. The van der Waals surface area contributed by atoms with Gasteiger partial charge < -0.3 is 10.5 Å². The quantitative estimate of drug-likeness (QED) is 0.758. The summed E-state index contributed by atoms with van der Waals surface area (Å²) in [5.74, 6) is 1.73. The van der Waals surface area contributed by atoms with E-state index in [1.165, 1.54) is 0 Å². The first-order chi connectivity index (χ1) is 7.36. The van der Waals surface area contributed by atoms with Gasteiger partial charge in [0.15, 0.2) is 0 Å². The summed E-state index contributed by atoms with van der Waals surface area (Å²) in [6.45, 7) is 0. The molecule has 2 aromatic carbocycles. The molecule has 3 rings (SSSR count). The molecule has 0 saturated carbocycles. The summed E-state index contributed by atoms with van der Waals surface area (Å²) in [6, 6.07) is 15.7. The van der Waals surface area contributed by atoms with Crippen molar-refractivity contribution in [1.82, 2.24) is 0 Å². The fourth-order valence-electron chi connectivity index (χ4n) is 1.95.